The van der Waals surface area contributed by atoms with Crippen LogP contribution in [0.3, 0.4) is 0 Å². The van der Waals surface area contributed by atoms with Crippen LogP contribution in [0, 0.1) is 0 Å². The Morgan fingerprint density at radius 3 is 2.27 bits per heavy atom. The van der Waals surface area contributed by atoms with E-state index in [1.165, 1.54) is 25.7 Å². The number of hydrogen-bond donors (Lipinski definition) is 1. The van der Waals surface area contributed by atoms with Crippen molar-refractivity contribution in [1.29, 1.82) is 0 Å². The first-order chi connectivity index (χ1) is 7.30. The van der Waals surface area contributed by atoms with Crippen LogP contribution in [-0.4, -0.2) is 16.2 Å². The van der Waals surface area contributed by atoms with Gasteiger partial charge >= 0.3 is 0 Å². The maximum Gasteiger partial charge on any atom is 0.205 e. The van der Waals surface area contributed by atoms with Crippen molar-refractivity contribution in [2.24, 2.45) is 0 Å². The molecule has 1 heterocycles. The quantitative estimate of drug-likeness (QED) is 0.775. The van der Waals surface area contributed by atoms with E-state index in [0.717, 1.165) is 16.6 Å². The molecule has 4 heteroatoms. The monoisotopic (exact) mass is 227 g/mol. The van der Waals surface area contributed by atoms with E-state index < -0.39 is 0 Å². The summed E-state index contributed by atoms with van der Waals surface area (Å²) in [5.74, 6) is 0. The third-order valence-electron chi connectivity index (χ3n) is 2.37. The molecule has 0 bridgehead atoms. The second kappa shape index (κ2) is 6.77. The lowest BCUT2D eigenvalue weighted by atomic mass is 10.1. The molecule has 0 spiro atoms. The normalized spacial score (nSPS) is 10.9. The minimum Gasteiger partial charge on any atom is -0.357 e. The molecule has 0 aliphatic rings. The molecule has 0 saturated heterocycles. The summed E-state index contributed by atoms with van der Waals surface area (Å²) >= 11 is 1.68. The Bertz CT molecular complexity index is 267. The minimum atomic E-state index is 0.567. The lowest BCUT2D eigenvalue weighted by Crippen LogP contribution is -2.18. The molecule has 15 heavy (non-hydrogen) atoms. The maximum absolute atomic E-state index is 4.15. The van der Waals surface area contributed by atoms with Gasteiger partial charge in [-0.25, -0.2) is 0 Å². The Kier molecular flexibility index (Phi) is 5.61. The van der Waals surface area contributed by atoms with Crippen molar-refractivity contribution in [3.63, 3.8) is 0 Å². The van der Waals surface area contributed by atoms with Gasteiger partial charge in [0.1, 0.15) is 5.01 Å². The SMILES string of the molecule is CCCC(CCC)Nc1nnc(CC)s1. The van der Waals surface area contributed by atoms with Crippen LogP contribution in [0.4, 0.5) is 5.13 Å². The summed E-state index contributed by atoms with van der Waals surface area (Å²) in [6.45, 7) is 6.56. The maximum atomic E-state index is 4.15. The number of hydrogen-bond acceptors (Lipinski definition) is 4. The summed E-state index contributed by atoms with van der Waals surface area (Å²) in [7, 11) is 0. The first-order valence-corrected chi connectivity index (χ1v) is 6.70. The Morgan fingerprint density at radius 1 is 1.13 bits per heavy atom. The van der Waals surface area contributed by atoms with Crippen molar-refractivity contribution >= 4 is 16.5 Å². The fourth-order valence-corrected chi connectivity index (χ4v) is 2.37. The van der Waals surface area contributed by atoms with E-state index in [4.69, 9.17) is 0 Å². The van der Waals surface area contributed by atoms with Gasteiger partial charge in [0.2, 0.25) is 5.13 Å². The van der Waals surface area contributed by atoms with Crippen LogP contribution in [0.15, 0.2) is 0 Å². The van der Waals surface area contributed by atoms with Gasteiger partial charge in [-0.05, 0) is 19.3 Å². The Hall–Kier alpha value is -0.640. The zero-order valence-corrected chi connectivity index (χ0v) is 10.7. The van der Waals surface area contributed by atoms with Gasteiger partial charge < -0.3 is 5.32 Å². The van der Waals surface area contributed by atoms with Gasteiger partial charge in [-0.1, -0.05) is 44.9 Å². The molecule has 0 saturated carbocycles. The molecule has 1 rings (SSSR count). The average molecular weight is 227 g/mol. The first kappa shape index (κ1) is 12.4. The largest absolute Gasteiger partial charge is 0.357 e. The zero-order chi connectivity index (χ0) is 11.1. The molecule has 0 fully saturated rings. The number of aryl methyl sites for hydroxylation is 1. The summed E-state index contributed by atoms with van der Waals surface area (Å²) < 4.78 is 0. The number of rotatable bonds is 7. The summed E-state index contributed by atoms with van der Waals surface area (Å²) in [5.41, 5.74) is 0. The fourth-order valence-electron chi connectivity index (χ4n) is 1.62. The summed E-state index contributed by atoms with van der Waals surface area (Å²) in [6, 6.07) is 0.567. The van der Waals surface area contributed by atoms with Crippen LogP contribution in [0.5, 0.6) is 0 Å². The van der Waals surface area contributed by atoms with Crippen LogP contribution in [-0.2, 0) is 6.42 Å². The molecular weight excluding hydrogens is 206 g/mol. The van der Waals surface area contributed by atoms with Gasteiger partial charge in [0.05, 0.1) is 0 Å². The molecule has 0 radical (unpaired) electrons. The molecule has 0 amide bonds. The van der Waals surface area contributed by atoms with Crippen LogP contribution in [0.2, 0.25) is 0 Å². The average Bonchev–Trinajstić information content (AvgIpc) is 2.66. The molecule has 0 aliphatic heterocycles. The molecule has 1 aromatic rings. The Labute approximate surface area is 96.3 Å². The second-order valence-corrected chi connectivity index (χ2v) is 4.84. The number of nitrogens with one attached hydrogen (secondary N) is 1. The topological polar surface area (TPSA) is 37.8 Å². The highest BCUT2D eigenvalue weighted by Crippen LogP contribution is 2.19. The van der Waals surface area contributed by atoms with Gasteiger partial charge in [-0.2, -0.15) is 0 Å². The molecule has 0 aromatic carbocycles. The van der Waals surface area contributed by atoms with E-state index in [0.29, 0.717) is 6.04 Å². The number of nitrogens with zero attached hydrogens (tertiary/aromatic N) is 2. The Morgan fingerprint density at radius 2 is 1.80 bits per heavy atom. The molecule has 86 valence electrons. The summed E-state index contributed by atoms with van der Waals surface area (Å²) in [4.78, 5) is 0. The molecule has 0 unspecified atom stereocenters. The highest BCUT2D eigenvalue weighted by atomic mass is 32.1. The van der Waals surface area contributed by atoms with E-state index in [-0.39, 0.29) is 0 Å². The predicted molar refractivity (Wildman–Crippen MR) is 66.5 cm³/mol. The fraction of sp³-hybridized carbons (Fsp3) is 0.818. The van der Waals surface area contributed by atoms with Crippen molar-refractivity contribution in [3.8, 4) is 0 Å². The van der Waals surface area contributed by atoms with Crippen molar-refractivity contribution in [3.05, 3.63) is 5.01 Å². The van der Waals surface area contributed by atoms with Crippen LogP contribution in [0.25, 0.3) is 0 Å². The number of anilines is 1. The van der Waals surface area contributed by atoms with Crippen LogP contribution >= 0.6 is 11.3 Å². The lowest BCUT2D eigenvalue weighted by molar-refractivity contribution is 0.585. The molecule has 3 nitrogen and oxygen atoms in total. The van der Waals surface area contributed by atoms with Gasteiger partial charge in [-0.3, -0.25) is 0 Å². The van der Waals surface area contributed by atoms with E-state index in [9.17, 15) is 0 Å². The Balaban J connectivity index is 2.48. The summed E-state index contributed by atoms with van der Waals surface area (Å²) in [5, 5.41) is 13.8. The third kappa shape index (κ3) is 4.16. The zero-order valence-electron chi connectivity index (χ0n) is 9.92. The summed E-state index contributed by atoms with van der Waals surface area (Å²) in [6.07, 6.45) is 5.85. The van der Waals surface area contributed by atoms with Gasteiger partial charge in [0.25, 0.3) is 0 Å². The molecule has 1 N–H and O–H groups in total. The minimum absolute atomic E-state index is 0.567. The standard InChI is InChI=1S/C11H21N3S/c1-4-7-9(8-5-2)12-11-14-13-10(6-3)15-11/h9H,4-8H2,1-3H3,(H,12,14). The van der Waals surface area contributed by atoms with Crippen molar-refractivity contribution in [2.45, 2.75) is 58.9 Å². The third-order valence-corrected chi connectivity index (χ3v) is 3.37. The van der Waals surface area contributed by atoms with E-state index >= 15 is 0 Å². The van der Waals surface area contributed by atoms with Gasteiger partial charge in [0, 0.05) is 6.04 Å². The van der Waals surface area contributed by atoms with Crippen molar-refractivity contribution in [2.75, 3.05) is 5.32 Å². The molecule has 1 aromatic heterocycles. The van der Waals surface area contributed by atoms with E-state index in [1.54, 1.807) is 11.3 Å². The van der Waals surface area contributed by atoms with Crippen LogP contribution in [0.1, 0.15) is 51.5 Å². The lowest BCUT2D eigenvalue weighted by Gasteiger charge is -2.15. The first-order valence-electron chi connectivity index (χ1n) is 5.89. The van der Waals surface area contributed by atoms with Crippen LogP contribution < -0.4 is 5.32 Å². The predicted octanol–water partition coefficient (Wildman–Crippen LogP) is 3.48. The number of aromatic nitrogens is 2. The van der Waals surface area contributed by atoms with Crippen molar-refractivity contribution < 1.29 is 0 Å². The van der Waals surface area contributed by atoms with Gasteiger partial charge in [0.15, 0.2) is 0 Å². The van der Waals surface area contributed by atoms with E-state index in [1.807, 2.05) is 0 Å². The second-order valence-electron chi connectivity index (χ2n) is 3.77. The highest BCUT2D eigenvalue weighted by Gasteiger charge is 2.09. The van der Waals surface area contributed by atoms with Crippen molar-refractivity contribution in [1.82, 2.24) is 10.2 Å². The smallest absolute Gasteiger partial charge is 0.205 e. The molecule has 0 atom stereocenters. The molecule has 0 aliphatic carbocycles. The highest BCUT2D eigenvalue weighted by molar-refractivity contribution is 7.15. The van der Waals surface area contributed by atoms with E-state index in [2.05, 4.69) is 36.3 Å². The van der Waals surface area contributed by atoms with Gasteiger partial charge in [-0.15, -0.1) is 10.2 Å². The molecular formula is C11H21N3S.